The number of aliphatic hydroxyl groups is 1. The van der Waals surface area contributed by atoms with Crippen LogP contribution in [0.5, 0.6) is 23.0 Å². The maximum atomic E-state index is 11.7. The molecule has 2 saturated heterocycles. The molecule has 2 aliphatic carbocycles. The number of carbonyl (C=O) groups excluding carboxylic acids is 3. The smallest absolute Gasteiger partial charge is 0.339 e. The zero-order valence-electron chi connectivity index (χ0n) is 45.6. The lowest BCUT2D eigenvalue weighted by molar-refractivity contribution is -0.138. The van der Waals surface area contributed by atoms with Gasteiger partial charge in [0.2, 0.25) is 0 Å². The lowest BCUT2D eigenvalue weighted by Crippen LogP contribution is -2.54. The van der Waals surface area contributed by atoms with E-state index in [9.17, 15) is 29.4 Å². The summed E-state index contributed by atoms with van der Waals surface area (Å²) >= 11 is 0. The van der Waals surface area contributed by atoms with Crippen molar-refractivity contribution in [3.8, 4) is 34.1 Å². The first-order valence-corrected chi connectivity index (χ1v) is 27.5. The highest BCUT2D eigenvalue weighted by Gasteiger charge is 2.42. The zero-order valence-corrected chi connectivity index (χ0v) is 45.6. The largest absolute Gasteiger partial charge is 0.507 e. The number of para-hydroxylation sites is 1. The number of carboxylic acids is 1. The van der Waals surface area contributed by atoms with Gasteiger partial charge in [0, 0.05) is 35.8 Å². The minimum absolute atomic E-state index is 0.172. The van der Waals surface area contributed by atoms with Crippen LogP contribution in [-0.2, 0) is 23.9 Å². The fourth-order valence-electron chi connectivity index (χ4n) is 10.2. The summed E-state index contributed by atoms with van der Waals surface area (Å²) in [5.74, 6) is 0.506. The van der Waals surface area contributed by atoms with Crippen molar-refractivity contribution >= 4 is 45.0 Å². The highest BCUT2D eigenvalue weighted by molar-refractivity contribution is 6.09. The zero-order chi connectivity index (χ0) is 57.6. The number of aromatic hydroxyl groups is 2. The Morgan fingerprint density at radius 3 is 1.65 bits per heavy atom. The van der Waals surface area contributed by atoms with Gasteiger partial charge in [-0.3, -0.25) is 19.7 Å². The van der Waals surface area contributed by atoms with Crippen LogP contribution >= 0.6 is 0 Å². The number of Topliss-reactive ketones (excluding diaryl/α,β-unsaturated/α-hetero) is 1. The third-order valence-electron chi connectivity index (χ3n) is 15.0. The van der Waals surface area contributed by atoms with E-state index < -0.39 is 18.1 Å². The van der Waals surface area contributed by atoms with Gasteiger partial charge in [-0.15, -0.1) is 0 Å². The van der Waals surface area contributed by atoms with E-state index in [0.717, 1.165) is 57.7 Å². The molecule has 0 radical (unpaired) electrons. The van der Waals surface area contributed by atoms with Gasteiger partial charge in [-0.2, -0.15) is 0 Å². The molecule has 4 aliphatic rings. The predicted molar refractivity (Wildman–Crippen MR) is 317 cm³/mol. The standard InChI is InChI=1S/C20H14O2.C15H14O3.C14H12O.C11H14O2.C10H11NO3/c21-17-11-9-13-5-1-3-7-15(13)19(17)20-16-8-4-2-6-14(16)10-12-18(20)22;1-11(15(16)17)12-6-5-9-14(10-12)18-13-7-3-2-4-8-13;1-3-7-11(8-4-1)13-14(15-13)12-9-5-2-6-10-12;1-11-6-5-9(12)7-8(11)3-2-4-10(11)13;12-8-6-9(11-8)14-10(13)7-4-2-1-3-5-7/h1-12,21-22H;2-11H,1H3,(H,16,17);1-10,13-14H;7H,2-6H2,1H3;1-5,8-9,11-12H,6H2/t;;13-,14-;;/m..0../s1. The molecule has 6 atom stereocenters. The van der Waals surface area contributed by atoms with E-state index in [0.29, 0.717) is 47.5 Å². The minimum Gasteiger partial charge on any atom is -0.507 e. The van der Waals surface area contributed by atoms with Crippen LogP contribution in [0, 0.1) is 5.41 Å². The monoisotopic (exact) mass is 1100 g/mol. The van der Waals surface area contributed by atoms with Crippen LogP contribution in [0.1, 0.15) is 97.5 Å². The summed E-state index contributed by atoms with van der Waals surface area (Å²) < 4.78 is 16.4. The topological polar surface area (TPSA) is 192 Å². The molecule has 82 heavy (non-hydrogen) atoms. The van der Waals surface area contributed by atoms with Crippen molar-refractivity contribution in [3.63, 3.8) is 0 Å². The van der Waals surface area contributed by atoms with Crippen LogP contribution in [0.15, 0.2) is 230 Å². The normalized spacial score (nSPS) is 19.6. The highest BCUT2D eigenvalue weighted by Crippen LogP contribution is 2.51. The van der Waals surface area contributed by atoms with Crippen molar-refractivity contribution in [2.45, 2.75) is 83.0 Å². The molecule has 0 aromatic heterocycles. The van der Waals surface area contributed by atoms with Gasteiger partial charge in [-0.1, -0.05) is 175 Å². The Morgan fingerprint density at radius 1 is 0.610 bits per heavy atom. The van der Waals surface area contributed by atoms with E-state index >= 15 is 0 Å². The third-order valence-corrected chi connectivity index (χ3v) is 15.0. The molecule has 416 valence electrons. The van der Waals surface area contributed by atoms with Crippen molar-refractivity contribution in [1.29, 1.82) is 0 Å². The summed E-state index contributed by atoms with van der Waals surface area (Å²) in [5, 5.41) is 45.3. The summed E-state index contributed by atoms with van der Waals surface area (Å²) in [6, 6.07) is 68.9. The number of hydrogen-bond donors (Lipinski definition) is 5. The molecule has 9 aromatic rings. The highest BCUT2D eigenvalue weighted by atomic mass is 16.6. The molecule has 5 N–H and O–H groups in total. The Hall–Kier alpha value is -9.20. The van der Waals surface area contributed by atoms with Crippen molar-refractivity contribution in [2.24, 2.45) is 5.41 Å². The number of aliphatic hydroxyl groups excluding tert-OH is 1. The first-order valence-electron chi connectivity index (χ1n) is 27.5. The van der Waals surface area contributed by atoms with Crippen molar-refractivity contribution in [2.75, 3.05) is 0 Å². The number of carbonyl (C=O) groups is 4. The van der Waals surface area contributed by atoms with E-state index in [2.05, 4.69) is 53.8 Å². The Bertz CT molecular complexity index is 3550. The number of phenols is 2. The summed E-state index contributed by atoms with van der Waals surface area (Å²) in [6.07, 6.45) is 5.63. The fourth-order valence-corrected chi connectivity index (χ4v) is 10.2. The second kappa shape index (κ2) is 26.8. The Balaban J connectivity index is 0.000000125. The fraction of sp³-hybridized carbons (Fsp3) is 0.200. The van der Waals surface area contributed by atoms with E-state index in [1.807, 2.05) is 122 Å². The SMILES string of the molecule is CC(C(=O)O)c1cccc(Oc2ccccc2)c1.CC12CCC(=O)C=C1CCCC2=O.O=C(OC1CC(O)N1)c1ccccc1.Oc1ccc2ccccc2c1-c1c(O)ccc2ccccc12.c1ccc([C@@H]2O[C@H]2c2ccccc2)cc1. The predicted octanol–water partition coefficient (Wildman–Crippen LogP) is 14.8. The molecular formula is C70H65NO11. The summed E-state index contributed by atoms with van der Waals surface area (Å²) in [6.45, 7) is 3.65. The summed E-state index contributed by atoms with van der Waals surface area (Å²) in [5.41, 5.74) is 5.94. The van der Waals surface area contributed by atoms with Crippen molar-refractivity contribution in [3.05, 3.63) is 252 Å². The quantitative estimate of drug-likeness (QED) is 0.0680. The number of hydrogen-bond acceptors (Lipinski definition) is 11. The average Bonchev–Trinajstić information content (AvgIpc) is 3.95. The van der Waals surface area contributed by atoms with Gasteiger partial charge in [-0.25, -0.2) is 4.79 Å². The van der Waals surface area contributed by atoms with Gasteiger partial charge in [0.05, 0.1) is 11.5 Å². The van der Waals surface area contributed by atoms with Gasteiger partial charge >= 0.3 is 11.9 Å². The van der Waals surface area contributed by atoms with E-state index in [1.54, 1.807) is 67.6 Å². The Kier molecular flexibility index (Phi) is 18.8. The summed E-state index contributed by atoms with van der Waals surface area (Å²) in [7, 11) is 0. The van der Waals surface area contributed by atoms with Crippen LogP contribution in [0.3, 0.4) is 0 Å². The van der Waals surface area contributed by atoms with Crippen LogP contribution in [0.4, 0.5) is 0 Å². The molecule has 2 heterocycles. The molecule has 13 rings (SSSR count). The number of esters is 1. The molecule has 0 spiro atoms. The molecule has 0 bridgehead atoms. The van der Waals surface area contributed by atoms with Crippen molar-refractivity contribution in [1.82, 2.24) is 5.32 Å². The average molecular weight is 1100 g/mol. The number of allylic oxidation sites excluding steroid dienone is 2. The van der Waals surface area contributed by atoms with Crippen LogP contribution in [0.2, 0.25) is 0 Å². The van der Waals surface area contributed by atoms with Crippen molar-refractivity contribution < 1.29 is 53.8 Å². The molecule has 1 saturated carbocycles. The van der Waals surface area contributed by atoms with Crippen LogP contribution in [-0.4, -0.2) is 56.4 Å². The number of ketones is 2. The molecule has 3 fully saturated rings. The number of phenolic OH excluding ortho intramolecular Hbond substituents is 2. The maximum Gasteiger partial charge on any atom is 0.339 e. The number of fused-ring (bicyclic) bond motifs is 3. The number of rotatable bonds is 9. The molecule has 4 unspecified atom stereocenters. The van der Waals surface area contributed by atoms with Crippen LogP contribution in [0.25, 0.3) is 32.7 Å². The lowest BCUT2D eigenvalue weighted by Gasteiger charge is -2.37. The van der Waals surface area contributed by atoms with Gasteiger partial charge in [0.25, 0.3) is 0 Å². The molecule has 12 heteroatoms. The lowest BCUT2D eigenvalue weighted by atomic mass is 9.65. The van der Waals surface area contributed by atoms with Gasteiger partial charge in [0.1, 0.15) is 47.2 Å². The maximum absolute atomic E-state index is 11.7. The van der Waals surface area contributed by atoms with Gasteiger partial charge < -0.3 is 34.6 Å². The van der Waals surface area contributed by atoms with Gasteiger partial charge in [-0.05, 0) is 126 Å². The van der Waals surface area contributed by atoms with Crippen LogP contribution < -0.4 is 10.1 Å². The Labute approximate surface area is 476 Å². The molecule has 2 aliphatic heterocycles. The Morgan fingerprint density at radius 2 is 1.11 bits per heavy atom. The number of aliphatic carboxylic acids is 1. The number of epoxide rings is 1. The molecule has 12 nitrogen and oxygen atoms in total. The summed E-state index contributed by atoms with van der Waals surface area (Å²) in [4.78, 5) is 45.2. The second-order valence-electron chi connectivity index (χ2n) is 20.6. The minimum atomic E-state index is -0.841. The van der Waals surface area contributed by atoms with E-state index in [4.69, 9.17) is 24.4 Å². The number of nitrogens with one attached hydrogen (secondary N) is 1. The second-order valence-corrected chi connectivity index (χ2v) is 20.6. The first kappa shape index (κ1) is 57.5. The van der Waals surface area contributed by atoms with Gasteiger partial charge in [0.15, 0.2) is 12.0 Å². The molecular weight excluding hydrogens is 1030 g/mol. The number of ether oxygens (including phenoxy) is 3. The first-order chi connectivity index (χ1) is 39.7. The van der Waals surface area contributed by atoms with E-state index in [-0.39, 0.29) is 47.1 Å². The molecule has 9 aromatic carbocycles. The third kappa shape index (κ3) is 14.4. The molecule has 0 amide bonds. The number of carboxylic acid groups (broad SMARTS) is 1. The van der Waals surface area contributed by atoms with E-state index in [1.165, 1.54) is 11.1 Å². The number of benzene rings is 9.